The van der Waals surface area contributed by atoms with E-state index in [4.69, 9.17) is 0 Å². The molecule has 0 aliphatic carbocycles. The van der Waals surface area contributed by atoms with Crippen molar-refractivity contribution in [2.75, 3.05) is 18.4 Å². The van der Waals surface area contributed by atoms with E-state index >= 15 is 0 Å². The number of nitrogens with zero attached hydrogens (tertiary/aromatic N) is 3. The van der Waals surface area contributed by atoms with Crippen LogP contribution in [-0.2, 0) is 21.4 Å². The molecule has 0 radical (unpaired) electrons. The third kappa shape index (κ3) is 4.42. The number of hydrogen-bond acceptors (Lipinski definition) is 5. The summed E-state index contributed by atoms with van der Waals surface area (Å²) in [5.41, 5.74) is 0.424. The number of anilines is 1. The summed E-state index contributed by atoms with van der Waals surface area (Å²) in [5, 5.41) is 2.87. The van der Waals surface area contributed by atoms with Crippen LogP contribution in [0.15, 0.2) is 52.3 Å². The Morgan fingerprint density at radius 1 is 1.12 bits per heavy atom. The van der Waals surface area contributed by atoms with Crippen molar-refractivity contribution in [3.63, 3.8) is 0 Å². The van der Waals surface area contributed by atoms with Crippen molar-refractivity contribution in [3.8, 4) is 0 Å². The zero-order chi connectivity index (χ0) is 22.9. The summed E-state index contributed by atoms with van der Waals surface area (Å²) in [5.74, 6) is -1.18. The van der Waals surface area contributed by atoms with Gasteiger partial charge in [0.2, 0.25) is 15.9 Å². The van der Waals surface area contributed by atoms with Crippen molar-refractivity contribution in [3.05, 3.63) is 64.5 Å². The number of fused-ring (bicyclic) bond motifs is 1. The molecule has 0 atom stereocenters. The highest BCUT2D eigenvalue weighted by molar-refractivity contribution is 7.89. The van der Waals surface area contributed by atoms with Gasteiger partial charge >= 0.3 is 5.69 Å². The van der Waals surface area contributed by atoms with Crippen molar-refractivity contribution < 1.29 is 17.6 Å². The molecule has 0 saturated carbocycles. The number of carbonyl (C=O) groups excluding carboxylic acids is 1. The molecule has 1 fully saturated rings. The highest BCUT2D eigenvalue weighted by Gasteiger charge is 2.26. The van der Waals surface area contributed by atoms with Gasteiger partial charge in [0.15, 0.2) is 0 Å². The van der Waals surface area contributed by atoms with E-state index < -0.39 is 34.0 Å². The lowest BCUT2D eigenvalue weighted by molar-refractivity contribution is -0.116. The maximum Gasteiger partial charge on any atom is 0.348 e. The van der Waals surface area contributed by atoms with Gasteiger partial charge in [-0.2, -0.15) is 4.31 Å². The smallest absolute Gasteiger partial charge is 0.322 e. The Bertz CT molecular complexity index is 1350. The summed E-state index contributed by atoms with van der Waals surface area (Å²) in [6, 6.07) is 8.79. The van der Waals surface area contributed by atoms with E-state index in [2.05, 4.69) is 10.3 Å². The fourth-order valence-electron chi connectivity index (χ4n) is 3.80. The first-order chi connectivity index (χ1) is 15.3. The molecule has 1 aromatic heterocycles. The first-order valence-corrected chi connectivity index (χ1v) is 11.8. The van der Waals surface area contributed by atoms with Crippen molar-refractivity contribution in [1.82, 2.24) is 13.9 Å². The van der Waals surface area contributed by atoms with Gasteiger partial charge in [0.05, 0.1) is 16.1 Å². The molecule has 1 N–H and O–H groups in total. The molecule has 2 aromatic carbocycles. The largest absolute Gasteiger partial charge is 0.348 e. The molecule has 0 bridgehead atoms. The number of carbonyl (C=O) groups is 1. The minimum Gasteiger partial charge on any atom is -0.322 e. The van der Waals surface area contributed by atoms with Crippen LogP contribution in [0.25, 0.3) is 10.9 Å². The molecule has 1 amide bonds. The lowest BCUT2D eigenvalue weighted by Crippen LogP contribution is -2.35. The minimum atomic E-state index is -3.65. The Labute approximate surface area is 184 Å². The van der Waals surface area contributed by atoms with Crippen LogP contribution in [0.3, 0.4) is 0 Å². The fraction of sp³-hybridized carbons (Fsp3) is 0.318. The average molecular weight is 459 g/mol. The van der Waals surface area contributed by atoms with Gasteiger partial charge in [0.1, 0.15) is 12.4 Å². The average Bonchev–Trinajstić information content (AvgIpc) is 2.78. The number of rotatable bonds is 5. The molecule has 3 aromatic rings. The molecule has 8 nitrogen and oxygen atoms in total. The molecule has 4 rings (SSSR count). The molecule has 0 spiro atoms. The van der Waals surface area contributed by atoms with Gasteiger partial charge in [-0.15, -0.1) is 0 Å². The summed E-state index contributed by atoms with van der Waals surface area (Å²) in [4.78, 5) is 28.7. The summed E-state index contributed by atoms with van der Waals surface area (Å²) < 4.78 is 42.5. The molecule has 1 aliphatic heterocycles. The Hall–Kier alpha value is -3.11. The number of halogens is 1. The van der Waals surface area contributed by atoms with Gasteiger partial charge < -0.3 is 5.32 Å². The van der Waals surface area contributed by atoms with E-state index in [9.17, 15) is 22.4 Å². The van der Waals surface area contributed by atoms with Crippen molar-refractivity contribution in [1.29, 1.82) is 0 Å². The predicted octanol–water partition coefficient (Wildman–Crippen LogP) is 2.66. The van der Waals surface area contributed by atoms with Crippen LogP contribution in [-0.4, -0.2) is 41.3 Å². The number of piperidine rings is 1. The summed E-state index contributed by atoms with van der Waals surface area (Å²) in [7, 11) is -3.65. The number of aryl methyl sites for hydroxylation is 1. The van der Waals surface area contributed by atoms with Crippen LogP contribution in [0, 0.1) is 12.7 Å². The molecule has 32 heavy (non-hydrogen) atoms. The van der Waals surface area contributed by atoms with E-state index in [1.54, 1.807) is 13.0 Å². The number of nitrogens with one attached hydrogen (secondary N) is 1. The van der Waals surface area contributed by atoms with Crippen molar-refractivity contribution in [2.24, 2.45) is 0 Å². The molecular weight excluding hydrogens is 435 g/mol. The van der Waals surface area contributed by atoms with Crippen LogP contribution >= 0.6 is 0 Å². The lowest BCUT2D eigenvalue weighted by Gasteiger charge is -2.26. The Morgan fingerprint density at radius 3 is 2.59 bits per heavy atom. The third-order valence-electron chi connectivity index (χ3n) is 5.49. The van der Waals surface area contributed by atoms with Gasteiger partial charge in [-0.25, -0.2) is 22.6 Å². The number of hydrogen-bond donors (Lipinski definition) is 1. The molecule has 10 heteroatoms. The Morgan fingerprint density at radius 2 is 1.88 bits per heavy atom. The van der Waals surface area contributed by atoms with Crippen molar-refractivity contribution in [2.45, 2.75) is 37.6 Å². The maximum atomic E-state index is 14.0. The monoisotopic (exact) mass is 458 g/mol. The topological polar surface area (TPSA) is 101 Å². The maximum absolute atomic E-state index is 14.0. The standard InChI is InChI=1S/C22H23FN4O4S/c1-15-5-7-19(18(23)11-15)25-21(28)14-27-20-8-6-17(12-16(20)13-24-22(27)29)32(30,31)26-9-3-2-4-10-26/h5-8,11-13H,2-4,9-10,14H2,1H3,(H,25,28). The highest BCUT2D eigenvalue weighted by Crippen LogP contribution is 2.24. The molecule has 168 valence electrons. The van der Waals surface area contributed by atoms with Crippen LogP contribution in [0.5, 0.6) is 0 Å². The summed E-state index contributed by atoms with van der Waals surface area (Å²) in [6.45, 7) is 2.30. The quantitative estimate of drug-likeness (QED) is 0.634. The second-order valence-electron chi connectivity index (χ2n) is 7.84. The van der Waals surface area contributed by atoms with Gasteiger partial charge in [0.25, 0.3) is 0 Å². The van der Waals surface area contributed by atoms with Gasteiger partial charge in [-0.3, -0.25) is 9.36 Å². The number of aromatic nitrogens is 2. The van der Waals surface area contributed by atoms with E-state index in [1.807, 2.05) is 0 Å². The molecule has 0 unspecified atom stereocenters. The Kier molecular flexibility index (Phi) is 6.07. The van der Waals surface area contributed by atoms with E-state index in [1.165, 1.54) is 40.8 Å². The highest BCUT2D eigenvalue weighted by atomic mass is 32.2. The van der Waals surface area contributed by atoms with Crippen LogP contribution in [0.1, 0.15) is 24.8 Å². The second kappa shape index (κ2) is 8.79. The lowest BCUT2D eigenvalue weighted by atomic mass is 10.2. The number of sulfonamides is 1. The zero-order valence-corrected chi connectivity index (χ0v) is 18.4. The Balaban J connectivity index is 1.63. The number of benzene rings is 2. The molecule has 1 aliphatic rings. The second-order valence-corrected chi connectivity index (χ2v) is 9.78. The molecular formula is C22H23FN4O4S. The van der Waals surface area contributed by atoms with Crippen LogP contribution < -0.4 is 11.0 Å². The van der Waals surface area contributed by atoms with Gasteiger partial charge in [-0.05, 0) is 55.7 Å². The zero-order valence-electron chi connectivity index (χ0n) is 17.5. The van der Waals surface area contributed by atoms with Crippen molar-refractivity contribution >= 4 is 32.5 Å². The predicted molar refractivity (Wildman–Crippen MR) is 118 cm³/mol. The fourth-order valence-corrected chi connectivity index (χ4v) is 5.35. The van der Waals surface area contributed by atoms with Crippen LogP contribution in [0.4, 0.5) is 10.1 Å². The SMILES string of the molecule is Cc1ccc(NC(=O)Cn2c(=O)ncc3cc(S(=O)(=O)N4CCCCC4)ccc32)c(F)c1. The molecule has 2 heterocycles. The van der Waals surface area contributed by atoms with Gasteiger partial charge in [-0.1, -0.05) is 12.5 Å². The van der Waals surface area contributed by atoms with Crippen LogP contribution in [0.2, 0.25) is 0 Å². The van der Waals surface area contributed by atoms with E-state index in [0.29, 0.717) is 29.6 Å². The number of amides is 1. The van der Waals surface area contributed by atoms with E-state index in [-0.39, 0.29) is 10.6 Å². The first-order valence-electron chi connectivity index (χ1n) is 10.3. The molecule has 1 saturated heterocycles. The third-order valence-corrected chi connectivity index (χ3v) is 7.38. The minimum absolute atomic E-state index is 0.0109. The van der Waals surface area contributed by atoms with E-state index in [0.717, 1.165) is 23.8 Å². The summed E-state index contributed by atoms with van der Waals surface area (Å²) in [6.07, 6.45) is 3.95. The van der Waals surface area contributed by atoms with Gasteiger partial charge in [0, 0.05) is 24.7 Å². The summed E-state index contributed by atoms with van der Waals surface area (Å²) >= 11 is 0. The normalized spacial score (nSPS) is 15.1. The first kappa shape index (κ1) is 22.1.